The average Bonchev–Trinajstić information content (AvgIpc) is 2.64. The molecule has 2 atom stereocenters. The van der Waals surface area contributed by atoms with Crippen molar-refractivity contribution in [1.82, 2.24) is 5.32 Å². The minimum Gasteiger partial charge on any atom is -0.472 e. The highest BCUT2D eigenvalue weighted by atomic mass is 32.2. The third kappa shape index (κ3) is 2.23. The molecule has 1 aliphatic rings. The Morgan fingerprint density at radius 1 is 1.53 bits per heavy atom. The molecule has 84 valence electrons. The minimum atomic E-state index is -2.98. The van der Waals surface area contributed by atoms with Crippen molar-refractivity contribution in [3.63, 3.8) is 0 Å². The molecule has 2 rings (SSSR count). The fraction of sp³-hybridized carbons (Fsp3) is 0.600. The molecule has 0 saturated carbocycles. The summed E-state index contributed by atoms with van der Waals surface area (Å²) in [6.45, 7) is 2.50. The lowest BCUT2D eigenvalue weighted by Crippen LogP contribution is -2.25. The quantitative estimate of drug-likeness (QED) is 0.784. The van der Waals surface area contributed by atoms with Crippen LogP contribution in [-0.2, 0) is 9.84 Å². The van der Waals surface area contributed by atoms with Crippen LogP contribution in [0.15, 0.2) is 23.0 Å². The Kier molecular flexibility index (Phi) is 2.84. The Balaban J connectivity index is 2.23. The van der Waals surface area contributed by atoms with E-state index in [0.29, 0.717) is 6.42 Å². The van der Waals surface area contributed by atoms with Crippen molar-refractivity contribution in [3.05, 3.63) is 24.2 Å². The van der Waals surface area contributed by atoms with E-state index in [1.165, 1.54) is 0 Å². The number of rotatable bonds is 1. The highest BCUT2D eigenvalue weighted by Gasteiger charge is 2.29. The van der Waals surface area contributed by atoms with Crippen LogP contribution in [0.2, 0.25) is 0 Å². The first kappa shape index (κ1) is 10.7. The summed E-state index contributed by atoms with van der Waals surface area (Å²) in [5, 5.41) is 2.98. The van der Waals surface area contributed by atoms with E-state index < -0.39 is 9.84 Å². The van der Waals surface area contributed by atoms with Crippen molar-refractivity contribution in [1.29, 1.82) is 0 Å². The number of hydrogen-bond acceptors (Lipinski definition) is 4. The Labute approximate surface area is 89.6 Å². The average molecular weight is 229 g/mol. The van der Waals surface area contributed by atoms with E-state index in [1.54, 1.807) is 19.5 Å². The van der Waals surface area contributed by atoms with E-state index in [-0.39, 0.29) is 17.0 Å². The molecule has 1 fully saturated rings. The van der Waals surface area contributed by atoms with Gasteiger partial charge in [0.15, 0.2) is 9.84 Å². The molecule has 0 spiro atoms. The van der Waals surface area contributed by atoms with E-state index >= 15 is 0 Å². The van der Waals surface area contributed by atoms with Crippen LogP contribution in [0.3, 0.4) is 0 Å². The third-order valence-corrected chi connectivity index (χ3v) is 5.16. The van der Waals surface area contributed by atoms with Gasteiger partial charge < -0.3 is 9.73 Å². The van der Waals surface area contributed by atoms with Crippen molar-refractivity contribution in [3.8, 4) is 0 Å². The van der Waals surface area contributed by atoms with E-state index in [4.69, 9.17) is 4.42 Å². The van der Waals surface area contributed by atoms with Gasteiger partial charge >= 0.3 is 0 Å². The van der Waals surface area contributed by atoms with Gasteiger partial charge in [0.05, 0.1) is 23.5 Å². The molecule has 2 unspecified atom stereocenters. The van der Waals surface area contributed by atoms with Gasteiger partial charge in [0, 0.05) is 11.6 Å². The Morgan fingerprint density at radius 2 is 2.33 bits per heavy atom. The van der Waals surface area contributed by atoms with Gasteiger partial charge in [-0.15, -0.1) is 0 Å². The summed E-state index contributed by atoms with van der Waals surface area (Å²) in [6.07, 6.45) is 3.85. The van der Waals surface area contributed by atoms with E-state index in [0.717, 1.165) is 12.1 Å². The van der Waals surface area contributed by atoms with Crippen LogP contribution in [0.25, 0.3) is 0 Å². The zero-order chi connectivity index (χ0) is 10.9. The van der Waals surface area contributed by atoms with E-state index in [2.05, 4.69) is 5.32 Å². The van der Waals surface area contributed by atoms with Gasteiger partial charge in [-0.05, 0) is 26.0 Å². The molecule has 2 heterocycles. The van der Waals surface area contributed by atoms with Crippen molar-refractivity contribution < 1.29 is 12.8 Å². The first-order chi connectivity index (χ1) is 7.09. The monoisotopic (exact) mass is 229 g/mol. The molecule has 1 aromatic rings. The second-order valence-electron chi connectivity index (χ2n) is 3.99. The molecule has 4 nitrogen and oxygen atoms in total. The SMILES string of the molecule is CC1CCNC(c2ccoc2)CS1(=O)=O. The zero-order valence-corrected chi connectivity index (χ0v) is 9.46. The minimum absolute atomic E-state index is 0.126. The summed E-state index contributed by atoms with van der Waals surface area (Å²) < 4.78 is 28.6. The Morgan fingerprint density at radius 3 is 3.00 bits per heavy atom. The molecule has 0 aromatic carbocycles. The van der Waals surface area contributed by atoms with Gasteiger partial charge in [-0.2, -0.15) is 0 Å². The zero-order valence-electron chi connectivity index (χ0n) is 8.64. The van der Waals surface area contributed by atoms with Crippen LogP contribution in [0.1, 0.15) is 24.9 Å². The van der Waals surface area contributed by atoms with Gasteiger partial charge in [-0.3, -0.25) is 0 Å². The van der Waals surface area contributed by atoms with E-state index in [1.807, 2.05) is 6.07 Å². The maximum atomic E-state index is 11.8. The van der Waals surface area contributed by atoms with Crippen LogP contribution in [-0.4, -0.2) is 26.0 Å². The number of hydrogen-bond donors (Lipinski definition) is 1. The summed E-state index contributed by atoms with van der Waals surface area (Å²) in [5.41, 5.74) is 0.910. The lowest BCUT2D eigenvalue weighted by Gasteiger charge is -2.13. The fourth-order valence-electron chi connectivity index (χ4n) is 1.78. The lowest BCUT2D eigenvalue weighted by molar-refractivity contribution is 0.540. The van der Waals surface area contributed by atoms with E-state index in [9.17, 15) is 8.42 Å². The Bertz CT molecular complexity index is 410. The van der Waals surface area contributed by atoms with Crippen LogP contribution in [0, 0.1) is 0 Å². The summed E-state index contributed by atoms with van der Waals surface area (Å²) >= 11 is 0. The molecule has 1 aromatic heterocycles. The van der Waals surface area contributed by atoms with Crippen molar-refractivity contribution in [2.75, 3.05) is 12.3 Å². The predicted molar refractivity (Wildman–Crippen MR) is 57.3 cm³/mol. The molecule has 1 saturated heterocycles. The van der Waals surface area contributed by atoms with Crippen LogP contribution >= 0.6 is 0 Å². The number of furan rings is 1. The summed E-state index contributed by atoms with van der Waals surface area (Å²) in [4.78, 5) is 0. The lowest BCUT2D eigenvalue weighted by atomic mass is 10.2. The van der Waals surface area contributed by atoms with Crippen molar-refractivity contribution in [2.24, 2.45) is 0 Å². The maximum absolute atomic E-state index is 11.8. The topological polar surface area (TPSA) is 59.3 Å². The largest absolute Gasteiger partial charge is 0.472 e. The predicted octanol–water partition coefficient (Wildman–Crippen LogP) is 1.12. The van der Waals surface area contributed by atoms with Gasteiger partial charge in [-0.25, -0.2) is 8.42 Å². The van der Waals surface area contributed by atoms with Gasteiger partial charge in [0.25, 0.3) is 0 Å². The molecule has 0 radical (unpaired) electrons. The molecule has 0 bridgehead atoms. The first-order valence-electron chi connectivity index (χ1n) is 5.06. The third-order valence-electron chi connectivity index (χ3n) is 2.90. The number of sulfone groups is 1. The fourth-order valence-corrected chi connectivity index (χ4v) is 3.36. The molecule has 0 amide bonds. The standard InChI is InChI=1S/C10H15NO3S/c1-8-2-4-11-10(7-15(8,12)13)9-3-5-14-6-9/h3,5-6,8,10-11H,2,4,7H2,1H3. The van der Waals surface area contributed by atoms with Gasteiger partial charge in [0.1, 0.15) is 0 Å². The van der Waals surface area contributed by atoms with Crippen LogP contribution in [0.4, 0.5) is 0 Å². The first-order valence-corrected chi connectivity index (χ1v) is 6.78. The normalized spacial score (nSPS) is 31.0. The van der Waals surface area contributed by atoms with Crippen LogP contribution < -0.4 is 5.32 Å². The smallest absolute Gasteiger partial charge is 0.154 e. The Hall–Kier alpha value is -0.810. The molecular weight excluding hydrogens is 214 g/mol. The summed E-state index contributed by atoms with van der Waals surface area (Å²) in [7, 11) is -2.98. The van der Waals surface area contributed by atoms with Crippen molar-refractivity contribution >= 4 is 9.84 Å². The molecule has 1 aliphatic heterocycles. The van der Waals surface area contributed by atoms with Gasteiger partial charge in [-0.1, -0.05) is 0 Å². The molecule has 15 heavy (non-hydrogen) atoms. The summed E-state index contributed by atoms with van der Waals surface area (Å²) in [5.74, 6) is 0.160. The highest BCUT2D eigenvalue weighted by Crippen LogP contribution is 2.21. The second-order valence-corrected chi connectivity index (χ2v) is 6.46. The van der Waals surface area contributed by atoms with Crippen LogP contribution in [0.5, 0.6) is 0 Å². The molecule has 0 aliphatic carbocycles. The summed E-state index contributed by atoms with van der Waals surface area (Å²) in [6, 6.07) is 1.68. The molecule has 1 N–H and O–H groups in total. The highest BCUT2D eigenvalue weighted by molar-refractivity contribution is 7.92. The maximum Gasteiger partial charge on any atom is 0.154 e. The molecular formula is C10H15NO3S. The molecule has 5 heteroatoms. The van der Waals surface area contributed by atoms with Crippen molar-refractivity contribution in [2.45, 2.75) is 24.6 Å². The number of nitrogens with one attached hydrogen (secondary N) is 1. The van der Waals surface area contributed by atoms with Gasteiger partial charge in [0.2, 0.25) is 0 Å². The second kappa shape index (κ2) is 3.98.